The number of H-pyrrole nitrogens is 1. The monoisotopic (exact) mass is 508 g/mol. The number of nitrogens with zero attached hydrogens (tertiary/aromatic N) is 2. The van der Waals surface area contributed by atoms with E-state index in [9.17, 15) is 15.3 Å². The second-order valence-electron chi connectivity index (χ2n) is 9.58. The molecule has 2 aromatic carbocycles. The number of ether oxygens (including phenoxy) is 1. The molecule has 0 bridgehead atoms. The van der Waals surface area contributed by atoms with Crippen LogP contribution in [0.25, 0.3) is 20.8 Å². The van der Waals surface area contributed by atoms with Crippen molar-refractivity contribution in [3.05, 3.63) is 54.7 Å². The Labute approximate surface area is 212 Å². The zero-order valence-corrected chi connectivity index (χ0v) is 21.1. The molecule has 0 spiro atoms. The summed E-state index contributed by atoms with van der Waals surface area (Å²) in [4.78, 5) is 12.7. The lowest BCUT2D eigenvalue weighted by Gasteiger charge is -2.28. The topological polar surface area (TPSA) is 134 Å². The Morgan fingerprint density at radius 2 is 1.89 bits per heavy atom. The molecule has 1 aliphatic rings. The van der Waals surface area contributed by atoms with E-state index in [2.05, 4.69) is 15.6 Å². The summed E-state index contributed by atoms with van der Waals surface area (Å²) in [6.45, 7) is 3.29. The molecule has 9 nitrogen and oxygen atoms in total. The first-order valence-corrected chi connectivity index (χ1v) is 12.6. The molecular weight excluding hydrogens is 478 g/mol. The molecule has 0 saturated heterocycles. The first-order valence-electron chi connectivity index (χ1n) is 11.8. The fraction of sp³-hybridized carbons (Fsp3) is 0.346. The fourth-order valence-electron chi connectivity index (χ4n) is 4.63. The number of para-hydroxylation sites is 1. The van der Waals surface area contributed by atoms with Gasteiger partial charge in [0.1, 0.15) is 28.1 Å². The predicted octanol–water partition coefficient (Wildman–Crippen LogP) is 3.22. The van der Waals surface area contributed by atoms with Gasteiger partial charge in [-0.05, 0) is 44.5 Å². The van der Waals surface area contributed by atoms with Crippen LogP contribution in [0, 0.1) is 5.92 Å². The Kier molecular flexibility index (Phi) is 6.52. The number of aliphatic hydroxyl groups is 3. The normalized spacial score (nSPS) is 22.1. The van der Waals surface area contributed by atoms with E-state index < -0.39 is 29.8 Å². The molecule has 1 saturated carbocycles. The van der Waals surface area contributed by atoms with Crippen LogP contribution in [-0.2, 0) is 0 Å². The molecule has 0 radical (unpaired) electrons. The van der Waals surface area contributed by atoms with Gasteiger partial charge in [0.2, 0.25) is 5.82 Å². The van der Waals surface area contributed by atoms with Gasteiger partial charge in [-0.25, -0.2) is 15.3 Å². The van der Waals surface area contributed by atoms with Crippen molar-refractivity contribution in [1.82, 2.24) is 9.97 Å². The molecule has 4 atom stereocenters. The smallest absolute Gasteiger partial charge is 0.396 e. The van der Waals surface area contributed by atoms with Crippen LogP contribution in [0.3, 0.4) is 0 Å². The highest BCUT2D eigenvalue weighted by Crippen LogP contribution is 2.38. The molecular formula is C26H30N5O4S+. The number of thiazole rings is 1. The average Bonchev–Trinajstić information content (AvgIpc) is 3.41. The summed E-state index contributed by atoms with van der Waals surface area (Å²) in [6.07, 6.45) is 0.0775. The van der Waals surface area contributed by atoms with Crippen LogP contribution in [0.5, 0.6) is 5.75 Å². The number of fused-ring (bicyclic) bond motifs is 1. The fourth-order valence-corrected chi connectivity index (χ4v) is 5.61. The summed E-state index contributed by atoms with van der Waals surface area (Å²) < 4.78 is 6.36. The van der Waals surface area contributed by atoms with Crippen LogP contribution in [0.4, 0.5) is 17.5 Å². The zero-order valence-electron chi connectivity index (χ0n) is 20.3. The molecule has 1 aliphatic carbocycles. The van der Waals surface area contributed by atoms with Gasteiger partial charge < -0.3 is 25.4 Å². The Morgan fingerprint density at radius 3 is 2.61 bits per heavy atom. The Balaban J connectivity index is 1.51. The maximum Gasteiger partial charge on any atom is 0.396 e. The van der Waals surface area contributed by atoms with Crippen molar-refractivity contribution in [2.45, 2.75) is 44.1 Å². The van der Waals surface area contributed by atoms with Gasteiger partial charge in [-0.1, -0.05) is 23.2 Å². The largest absolute Gasteiger partial charge is 0.497 e. The minimum Gasteiger partial charge on any atom is -0.497 e. The van der Waals surface area contributed by atoms with Gasteiger partial charge in [-0.15, -0.1) is 11.3 Å². The molecule has 188 valence electrons. The summed E-state index contributed by atoms with van der Waals surface area (Å²) in [6, 6.07) is 14.9. The summed E-state index contributed by atoms with van der Waals surface area (Å²) in [5, 5.41) is 39.3. The Bertz CT molecular complexity index is 1340. The van der Waals surface area contributed by atoms with Crippen molar-refractivity contribution in [2.75, 3.05) is 17.7 Å². The molecule has 6 N–H and O–H groups in total. The predicted molar refractivity (Wildman–Crippen MR) is 140 cm³/mol. The molecule has 0 amide bonds. The number of hydrogen-bond donors (Lipinski definition) is 5. The molecule has 5 rings (SSSR count). The molecule has 36 heavy (non-hydrogen) atoms. The molecule has 0 unspecified atom stereocenters. The summed E-state index contributed by atoms with van der Waals surface area (Å²) >= 11 is 1.54. The van der Waals surface area contributed by atoms with Crippen molar-refractivity contribution in [1.29, 1.82) is 0 Å². The number of aromatic nitrogens is 3. The molecule has 2 heterocycles. The maximum absolute atomic E-state index is 10.8. The van der Waals surface area contributed by atoms with Crippen molar-refractivity contribution in [3.8, 4) is 16.3 Å². The minimum atomic E-state index is -1.14. The highest BCUT2D eigenvalue weighted by atomic mass is 32.1. The quantitative estimate of drug-likeness (QED) is 0.257. The van der Waals surface area contributed by atoms with Crippen LogP contribution in [0.1, 0.15) is 20.3 Å². The van der Waals surface area contributed by atoms with E-state index >= 15 is 0 Å². The van der Waals surface area contributed by atoms with E-state index in [1.54, 1.807) is 32.3 Å². The van der Waals surface area contributed by atoms with E-state index in [4.69, 9.17) is 14.7 Å². The third kappa shape index (κ3) is 4.85. The first-order chi connectivity index (χ1) is 17.2. The minimum absolute atomic E-state index is 0.379. The number of aromatic amines is 1. The van der Waals surface area contributed by atoms with Gasteiger partial charge in [0.05, 0.1) is 41.3 Å². The third-order valence-electron chi connectivity index (χ3n) is 6.60. The summed E-state index contributed by atoms with van der Waals surface area (Å²) in [5.41, 5.74) is 1.28. The van der Waals surface area contributed by atoms with Gasteiger partial charge in [0, 0.05) is 12.0 Å². The highest BCUT2D eigenvalue weighted by Gasteiger charge is 2.48. The second-order valence-corrected chi connectivity index (χ2v) is 10.6. The number of rotatable bonds is 7. The number of nitrogens with one attached hydrogen (secondary N) is 3. The van der Waals surface area contributed by atoms with Crippen LogP contribution in [0.15, 0.2) is 54.7 Å². The number of anilines is 3. The number of aliphatic hydroxyl groups excluding tert-OH is 2. The van der Waals surface area contributed by atoms with Crippen LogP contribution in [0.2, 0.25) is 0 Å². The molecule has 10 heteroatoms. The molecule has 4 aromatic rings. The van der Waals surface area contributed by atoms with E-state index in [1.807, 2.05) is 54.7 Å². The number of methoxy groups -OCH3 is 1. The van der Waals surface area contributed by atoms with Crippen molar-refractivity contribution in [2.24, 2.45) is 5.92 Å². The summed E-state index contributed by atoms with van der Waals surface area (Å²) in [7, 11) is 1.61. The van der Waals surface area contributed by atoms with Gasteiger partial charge in [-0.3, -0.25) is 0 Å². The van der Waals surface area contributed by atoms with E-state index in [0.717, 1.165) is 26.5 Å². The average molecular weight is 509 g/mol. The van der Waals surface area contributed by atoms with Crippen molar-refractivity contribution >= 4 is 39.0 Å². The van der Waals surface area contributed by atoms with E-state index in [-0.39, 0.29) is 0 Å². The van der Waals surface area contributed by atoms with E-state index in [1.165, 1.54) is 0 Å². The van der Waals surface area contributed by atoms with E-state index in [0.29, 0.717) is 23.9 Å². The lowest BCUT2D eigenvalue weighted by molar-refractivity contribution is -0.363. The van der Waals surface area contributed by atoms with Crippen molar-refractivity contribution in [3.63, 3.8) is 0 Å². The SMILES string of the molecule is COc1cccc(Nc2nc(N[C@@H]3C[C@H](C(C)(C)O)[C@@H](O)[C@H]3O)c(-c3nc4ccccc4s3)c[nH+]2)c1. The second kappa shape index (κ2) is 9.62. The summed E-state index contributed by atoms with van der Waals surface area (Å²) in [5.74, 6) is 1.21. The first kappa shape index (κ1) is 24.4. The molecule has 1 fully saturated rings. The Hall–Kier alpha value is -3.31. The Morgan fingerprint density at radius 1 is 1.08 bits per heavy atom. The lowest BCUT2D eigenvalue weighted by Crippen LogP contribution is -2.40. The highest BCUT2D eigenvalue weighted by molar-refractivity contribution is 7.21. The zero-order chi connectivity index (χ0) is 25.4. The van der Waals surface area contributed by atoms with Gasteiger partial charge in [0.25, 0.3) is 0 Å². The lowest BCUT2D eigenvalue weighted by atomic mass is 9.88. The van der Waals surface area contributed by atoms with Crippen LogP contribution in [-0.4, -0.2) is 56.2 Å². The van der Waals surface area contributed by atoms with Gasteiger partial charge >= 0.3 is 5.95 Å². The molecule has 0 aliphatic heterocycles. The van der Waals surface area contributed by atoms with Gasteiger partial charge in [-0.2, -0.15) is 0 Å². The standard InChI is InChI=1S/C26H29N5O4S/c1-26(2,34)17-12-19(22(33)21(17)32)29-23-16(24-30-18-9-4-5-10-20(18)36-24)13-27-25(31-23)28-14-7-6-8-15(11-14)35-3/h4-11,13,17,19,21-22,32-34H,12H2,1-3H3,(H2,27,28,29,31)/p+1/t17-,19+,21+,22-/m0/s1. The van der Waals surface area contributed by atoms with Gasteiger partial charge in [0.15, 0.2) is 0 Å². The third-order valence-corrected chi connectivity index (χ3v) is 7.67. The molecule has 2 aromatic heterocycles. The maximum atomic E-state index is 10.8. The van der Waals surface area contributed by atoms with Crippen LogP contribution >= 0.6 is 11.3 Å². The van der Waals surface area contributed by atoms with Crippen molar-refractivity contribution < 1.29 is 25.0 Å². The van der Waals surface area contributed by atoms with Crippen LogP contribution < -0.4 is 20.4 Å². The number of hydrogen-bond acceptors (Lipinski definition) is 9. The number of benzene rings is 2.